The van der Waals surface area contributed by atoms with Crippen molar-refractivity contribution in [1.82, 2.24) is 0 Å². The van der Waals surface area contributed by atoms with Crippen LogP contribution in [0.5, 0.6) is 0 Å². The van der Waals surface area contributed by atoms with Gasteiger partial charge in [0, 0.05) is 17.7 Å². The molecule has 3 atom stereocenters. The summed E-state index contributed by atoms with van der Waals surface area (Å²) in [7, 11) is 1.36. The van der Waals surface area contributed by atoms with Gasteiger partial charge in [0.15, 0.2) is 0 Å². The molecule has 4 rings (SSSR count). The van der Waals surface area contributed by atoms with E-state index < -0.39 is 4.92 Å². The maximum absolute atomic E-state index is 11.9. The first-order valence-electron chi connectivity index (χ1n) is 8.59. The molecule has 7 heteroatoms. The van der Waals surface area contributed by atoms with Gasteiger partial charge in [-0.05, 0) is 47.7 Å². The third-order valence-electron chi connectivity index (χ3n) is 5.31. The second-order valence-electron chi connectivity index (χ2n) is 6.74. The number of anilines is 1. The fourth-order valence-corrected chi connectivity index (χ4v) is 4.22. The van der Waals surface area contributed by atoms with Crippen molar-refractivity contribution in [3.8, 4) is 0 Å². The molecule has 1 heterocycles. The number of nitrogens with one attached hydrogen (secondary N) is 1. The summed E-state index contributed by atoms with van der Waals surface area (Å²) in [6.07, 6.45) is 5.11. The van der Waals surface area contributed by atoms with E-state index in [9.17, 15) is 14.9 Å². The lowest BCUT2D eigenvalue weighted by Gasteiger charge is -2.37. The number of hydrogen-bond donors (Lipinski definition) is 1. The van der Waals surface area contributed by atoms with Gasteiger partial charge in [0.05, 0.1) is 23.6 Å². The quantitative estimate of drug-likeness (QED) is 0.353. The molecule has 0 saturated heterocycles. The third kappa shape index (κ3) is 2.96. The monoisotopic (exact) mass is 384 g/mol. The lowest BCUT2D eigenvalue weighted by Crippen LogP contribution is -2.29. The summed E-state index contributed by atoms with van der Waals surface area (Å²) in [6.45, 7) is 0. The second-order valence-corrected chi connectivity index (χ2v) is 7.14. The van der Waals surface area contributed by atoms with Crippen LogP contribution in [-0.4, -0.2) is 18.0 Å². The van der Waals surface area contributed by atoms with Gasteiger partial charge in [0.1, 0.15) is 5.02 Å². The van der Waals surface area contributed by atoms with E-state index >= 15 is 0 Å². The summed E-state index contributed by atoms with van der Waals surface area (Å²) in [5.41, 5.74) is 3.20. The summed E-state index contributed by atoms with van der Waals surface area (Å²) in [4.78, 5) is 22.7. The fourth-order valence-electron chi connectivity index (χ4n) is 4.03. The SMILES string of the molecule is COC(=O)c1ccc2c(c1)[C@@H]1C=CC[C@H]1[C@@H](c1ccc(Cl)c([N+](=O)[O-])c1)N2. The number of methoxy groups -OCH3 is 1. The van der Waals surface area contributed by atoms with Gasteiger partial charge in [-0.2, -0.15) is 0 Å². The number of carbonyl (C=O) groups excluding carboxylic acids is 1. The maximum Gasteiger partial charge on any atom is 0.337 e. The zero-order valence-electron chi connectivity index (χ0n) is 14.5. The summed E-state index contributed by atoms with van der Waals surface area (Å²) < 4.78 is 4.82. The predicted molar refractivity (Wildman–Crippen MR) is 102 cm³/mol. The minimum absolute atomic E-state index is 0.0857. The first kappa shape index (κ1) is 17.5. The Hall–Kier alpha value is -2.86. The van der Waals surface area contributed by atoms with Crippen LogP contribution >= 0.6 is 11.6 Å². The first-order valence-corrected chi connectivity index (χ1v) is 8.96. The number of ether oxygens (including phenoxy) is 1. The molecule has 0 radical (unpaired) electrons. The van der Waals surface area contributed by atoms with Crippen LogP contribution in [0.3, 0.4) is 0 Å². The molecule has 1 aliphatic carbocycles. The van der Waals surface area contributed by atoms with Gasteiger partial charge in [0.25, 0.3) is 5.69 Å². The van der Waals surface area contributed by atoms with Crippen molar-refractivity contribution in [3.05, 3.63) is 80.4 Å². The van der Waals surface area contributed by atoms with E-state index in [1.54, 1.807) is 18.2 Å². The maximum atomic E-state index is 11.9. The minimum Gasteiger partial charge on any atom is -0.465 e. The van der Waals surface area contributed by atoms with Crippen LogP contribution < -0.4 is 5.32 Å². The van der Waals surface area contributed by atoms with Gasteiger partial charge in [-0.15, -0.1) is 0 Å². The summed E-state index contributed by atoms with van der Waals surface area (Å²) >= 11 is 5.97. The molecule has 0 aromatic heterocycles. The topological polar surface area (TPSA) is 81.5 Å². The lowest BCUT2D eigenvalue weighted by molar-refractivity contribution is -0.384. The molecular formula is C20H17ClN2O4. The minimum atomic E-state index is -0.463. The molecular weight excluding hydrogens is 368 g/mol. The Morgan fingerprint density at radius 3 is 2.85 bits per heavy atom. The van der Waals surface area contributed by atoms with E-state index in [-0.39, 0.29) is 34.6 Å². The van der Waals surface area contributed by atoms with Crippen LogP contribution in [0.2, 0.25) is 5.02 Å². The number of halogens is 1. The highest BCUT2D eigenvalue weighted by molar-refractivity contribution is 6.32. The summed E-state index contributed by atoms with van der Waals surface area (Å²) in [5, 5.41) is 14.9. The first-order chi connectivity index (χ1) is 13.0. The number of hydrogen-bond acceptors (Lipinski definition) is 5. The molecule has 138 valence electrons. The van der Waals surface area contributed by atoms with E-state index in [1.165, 1.54) is 7.11 Å². The van der Waals surface area contributed by atoms with E-state index in [4.69, 9.17) is 16.3 Å². The average molecular weight is 385 g/mol. The molecule has 0 fully saturated rings. The Labute approximate surface area is 160 Å². The number of carbonyl (C=O) groups is 1. The number of rotatable bonds is 3. The van der Waals surface area contributed by atoms with Gasteiger partial charge >= 0.3 is 5.97 Å². The molecule has 2 aromatic carbocycles. The molecule has 0 amide bonds. The van der Waals surface area contributed by atoms with Crippen LogP contribution in [0.15, 0.2) is 48.6 Å². The number of fused-ring (bicyclic) bond motifs is 3. The van der Waals surface area contributed by atoms with Gasteiger partial charge in [0.2, 0.25) is 0 Å². The van der Waals surface area contributed by atoms with Crippen LogP contribution in [0.4, 0.5) is 11.4 Å². The summed E-state index contributed by atoms with van der Waals surface area (Å²) in [5.74, 6) is -0.0384. The number of nitro benzene ring substituents is 1. The Kier molecular flexibility index (Phi) is 4.36. The number of nitro groups is 1. The lowest BCUT2D eigenvalue weighted by atomic mass is 9.76. The Morgan fingerprint density at radius 1 is 1.30 bits per heavy atom. The molecule has 2 aliphatic rings. The predicted octanol–water partition coefficient (Wildman–Crippen LogP) is 4.86. The number of allylic oxidation sites excluding steroid dienone is 2. The molecule has 0 saturated carbocycles. The number of benzene rings is 2. The standard InChI is InChI=1S/C20H17ClN2O4/c1-27-20(24)12-6-8-17-15(9-12)13-3-2-4-14(13)19(22-17)11-5-7-16(21)18(10-11)23(25)26/h2-3,5-10,13-14,19,22H,4H2,1H3/t13-,14-,19-/m1/s1. The highest BCUT2D eigenvalue weighted by Gasteiger charge is 2.38. The van der Waals surface area contributed by atoms with Crippen molar-refractivity contribution in [2.24, 2.45) is 5.92 Å². The van der Waals surface area contributed by atoms with Crippen molar-refractivity contribution in [2.75, 3.05) is 12.4 Å². The van der Waals surface area contributed by atoms with Crippen LogP contribution in [0, 0.1) is 16.0 Å². The average Bonchev–Trinajstić information content (AvgIpc) is 3.16. The smallest absolute Gasteiger partial charge is 0.337 e. The highest BCUT2D eigenvalue weighted by Crippen LogP contribution is 2.50. The number of esters is 1. The van der Waals surface area contributed by atoms with Crippen LogP contribution in [-0.2, 0) is 4.74 Å². The molecule has 0 bridgehead atoms. The zero-order chi connectivity index (χ0) is 19.1. The molecule has 27 heavy (non-hydrogen) atoms. The Bertz CT molecular complexity index is 972. The van der Waals surface area contributed by atoms with E-state index in [2.05, 4.69) is 17.5 Å². The normalized spacial score (nSPS) is 22.5. The highest BCUT2D eigenvalue weighted by atomic mass is 35.5. The van der Waals surface area contributed by atoms with E-state index in [0.717, 1.165) is 23.2 Å². The Balaban J connectivity index is 1.76. The fraction of sp³-hybridized carbons (Fsp3) is 0.250. The van der Waals surface area contributed by atoms with Crippen LogP contribution in [0.1, 0.15) is 39.9 Å². The van der Waals surface area contributed by atoms with Crippen molar-refractivity contribution < 1.29 is 14.5 Å². The van der Waals surface area contributed by atoms with E-state index in [1.807, 2.05) is 18.2 Å². The van der Waals surface area contributed by atoms with Crippen LogP contribution in [0.25, 0.3) is 0 Å². The summed E-state index contributed by atoms with van der Waals surface area (Å²) in [6, 6.07) is 10.3. The molecule has 1 aliphatic heterocycles. The molecule has 0 unspecified atom stereocenters. The van der Waals surface area contributed by atoms with Crippen molar-refractivity contribution in [1.29, 1.82) is 0 Å². The molecule has 1 N–H and O–H groups in total. The van der Waals surface area contributed by atoms with Gasteiger partial charge in [-0.25, -0.2) is 4.79 Å². The largest absolute Gasteiger partial charge is 0.465 e. The number of nitrogens with zero attached hydrogens (tertiary/aromatic N) is 1. The van der Waals surface area contributed by atoms with E-state index in [0.29, 0.717) is 5.56 Å². The van der Waals surface area contributed by atoms with Crippen molar-refractivity contribution in [3.63, 3.8) is 0 Å². The molecule has 2 aromatic rings. The second kappa shape index (κ2) is 6.70. The zero-order valence-corrected chi connectivity index (χ0v) is 15.3. The third-order valence-corrected chi connectivity index (χ3v) is 5.63. The van der Waals surface area contributed by atoms with Gasteiger partial charge in [-0.3, -0.25) is 10.1 Å². The molecule has 6 nitrogen and oxygen atoms in total. The van der Waals surface area contributed by atoms with Gasteiger partial charge in [-0.1, -0.05) is 29.8 Å². The molecule has 0 spiro atoms. The Morgan fingerprint density at radius 2 is 2.11 bits per heavy atom. The van der Waals surface area contributed by atoms with Crippen molar-refractivity contribution in [2.45, 2.75) is 18.4 Å². The van der Waals surface area contributed by atoms with Crippen molar-refractivity contribution >= 4 is 28.9 Å². The van der Waals surface area contributed by atoms with Gasteiger partial charge < -0.3 is 10.1 Å².